The molecule has 0 atom stereocenters. The highest BCUT2D eigenvalue weighted by Gasteiger charge is 2.13. The van der Waals surface area contributed by atoms with E-state index in [4.69, 9.17) is 9.47 Å². The van der Waals surface area contributed by atoms with Gasteiger partial charge < -0.3 is 14.5 Å². The molecule has 0 bridgehead atoms. The van der Waals surface area contributed by atoms with E-state index in [1.165, 1.54) is 6.33 Å². The second kappa shape index (κ2) is 5.28. The predicted octanol–water partition coefficient (Wildman–Crippen LogP) is 2.61. The second-order valence-electron chi connectivity index (χ2n) is 4.50. The van der Waals surface area contributed by atoms with Crippen LogP contribution in [0.4, 0.5) is 0 Å². The summed E-state index contributed by atoms with van der Waals surface area (Å²) in [6.45, 7) is 0. The van der Waals surface area contributed by atoms with Crippen molar-refractivity contribution < 1.29 is 9.47 Å². The number of rotatable bonds is 3. The Morgan fingerprint density at radius 1 is 1.05 bits per heavy atom. The van der Waals surface area contributed by atoms with Crippen LogP contribution in [0.25, 0.3) is 22.0 Å². The summed E-state index contributed by atoms with van der Waals surface area (Å²) < 4.78 is 10.8. The summed E-state index contributed by atoms with van der Waals surface area (Å²) in [6, 6.07) is 11.1. The Hall–Kier alpha value is -2.82. The van der Waals surface area contributed by atoms with Crippen molar-refractivity contribution in [1.29, 1.82) is 0 Å². The van der Waals surface area contributed by atoms with Crippen LogP contribution in [0.1, 0.15) is 0 Å². The van der Waals surface area contributed by atoms with Gasteiger partial charge in [-0.3, -0.25) is 4.79 Å². The monoisotopic (exact) mass is 282 g/mol. The van der Waals surface area contributed by atoms with E-state index in [9.17, 15) is 4.79 Å². The minimum Gasteiger partial charge on any atom is -0.496 e. The Kier molecular flexibility index (Phi) is 3.31. The minimum absolute atomic E-state index is 0.171. The fraction of sp³-hybridized carbons (Fsp3) is 0.125. The van der Waals surface area contributed by atoms with Crippen LogP contribution in [0.15, 0.2) is 47.5 Å². The van der Waals surface area contributed by atoms with Crippen LogP contribution in [0.2, 0.25) is 0 Å². The van der Waals surface area contributed by atoms with Gasteiger partial charge in [-0.1, -0.05) is 12.1 Å². The summed E-state index contributed by atoms with van der Waals surface area (Å²) in [7, 11) is 3.21. The second-order valence-corrected chi connectivity index (χ2v) is 4.50. The molecule has 0 saturated carbocycles. The third-order valence-corrected chi connectivity index (χ3v) is 3.36. The van der Waals surface area contributed by atoms with E-state index in [1.54, 1.807) is 20.3 Å². The van der Waals surface area contributed by atoms with Gasteiger partial charge >= 0.3 is 0 Å². The molecule has 106 valence electrons. The van der Waals surface area contributed by atoms with Crippen LogP contribution < -0.4 is 15.0 Å². The highest BCUT2D eigenvalue weighted by molar-refractivity contribution is 5.87. The van der Waals surface area contributed by atoms with Crippen molar-refractivity contribution in [1.82, 2.24) is 9.97 Å². The van der Waals surface area contributed by atoms with E-state index in [2.05, 4.69) is 9.97 Å². The summed E-state index contributed by atoms with van der Waals surface area (Å²) in [5.74, 6) is 1.38. The molecule has 0 saturated heterocycles. The Labute approximate surface area is 121 Å². The number of nitrogens with zero attached hydrogens (tertiary/aromatic N) is 1. The highest BCUT2D eigenvalue weighted by atomic mass is 16.5. The number of hydrogen-bond acceptors (Lipinski definition) is 4. The zero-order valence-electron chi connectivity index (χ0n) is 11.7. The van der Waals surface area contributed by atoms with E-state index in [1.807, 2.05) is 30.3 Å². The molecule has 1 aromatic heterocycles. The smallest absolute Gasteiger partial charge is 0.258 e. The zero-order valence-corrected chi connectivity index (χ0v) is 11.7. The van der Waals surface area contributed by atoms with E-state index >= 15 is 0 Å². The van der Waals surface area contributed by atoms with Crippen LogP contribution in [0, 0.1) is 0 Å². The van der Waals surface area contributed by atoms with E-state index in [-0.39, 0.29) is 5.56 Å². The maximum atomic E-state index is 11.9. The van der Waals surface area contributed by atoms with Crippen LogP contribution in [-0.4, -0.2) is 24.2 Å². The fourth-order valence-electron chi connectivity index (χ4n) is 2.36. The number of aromatic amines is 1. The number of benzene rings is 2. The first kappa shape index (κ1) is 13.2. The lowest BCUT2D eigenvalue weighted by molar-refractivity contribution is 0.397. The Balaban J connectivity index is 2.30. The molecule has 1 heterocycles. The van der Waals surface area contributed by atoms with E-state index < -0.39 is 0 Å². The number of nitrogens with one attached hydrogen (secondary N) is 1. The summed E-state index contributed by atoms with van der Waals surface area (Å²) in [6.07, 6.45) is 1.40. The van der Waals surface area contributed by atoms with E-state index in [0.29, 0.717) is 22.4 Å². The summed E-state index contributed by atoms with van der Waals surface area (Å²) in [4.78, 5) is 18.6. The Morgan fingerprint density at radius 3 is 2.43 bits per heavy atom. The third-order valence-electron chi connectivity index (χ3n) is 3.36. The largest absolute Gasteiger partial charge is 0.496 e. The van der Waals surface area contributed by atoms with Crippen molar-refractivity contribution in [3.8, 4) is 22.6 Å². The number of methoxy groups -OCH3 is 2. The highest BCUT2D eigenvalue weighted by Crippen LogP contribution is 2.38. The molecule has 0 aliphatic rings. The molecule has 0 aliphatic carbocycles. The average Bonchev–Trinajstić information content (AvgIpc) is 2.54. The first-order chi connectivity index (χ1) is 10.2. The summed E-state index contributed by atoms with van der Waals surface area (Å²) >= 11 is 0. The number of aromatic nitrogens is 2. The molecule has 2 aromatic carbocycles. The van der Waals surface area contributed by atoms with Gasteiger partial charge in [0.15, 0.2) is 0 Å². The van der Waals surface area contributed by atoms with Crippen LogP contribution >= 0.6 is 0 Å². The van der Waals surface area contributed by atoms with Gasteiger partial charge in [0.25, 0.3) is 5.56 Å². The molecule has 0 aliphatic heterocycles. The molecular formula is C16H14N2O3. The van der Waals surface area contributed by atoms with Gasteiger partial charge in [-0.25, -0.2) is 4.98 Å². The number of fused-ring (bicyclic) bond motifs is 1. The molecule has 0 radical (unpaired) electrons. The van der Waals surface area contributed by atoms with Gasteiger partial charge in [0.1, 0.15) is 11.5 Å². The minimum atomic E-state index is -0.171. The van der Waals surface area contributed by atoms with Crippen LogP contribution in [0.3, 0.4) is 0 Å². The van der Waals surface area contributed by atoms with Crippen molar-refractivity contribution in [3.05, 3.63) is 53.1 Å². The average molecular weight is 282 g/mol. The maximum Gasteiger partial charge on any atom is 0.258 e. The zero-order chi connectivity index (χ0) is 14.8. The van der Waals surface area contributed by atoms with E-state index in [0.717, 1.165) is 11.1 Å². The number of hydrogen-bond donors (Lipinski definition) is 1. The lowest BCUT2D eigenvalue weighted by Crippen LogP contribution is -2.06. The molecule has 3 aromatic rings. The van der Waals surface area contributed by atoms with Gasteiger partial charge in [0.2, 0.25) is 0 Å². The molecule has 1 N–H and O–H groups in total. The lowest BCUT2D eigenvalue weighted by Gasteiger charge is -2.13. The maximum absolute atomic E-state index is 11.9. The summed E-state index contributed by atoms with van der Waals surface area (Å²) in [5.41, 5.74) is 2.13. The topological polar surface area (TPSA) is 64.2 Å². The van der Waals surface area contributed by atoms with Crippen molar-refractivity contribution in [3.63, 3.8) is 0 Å². The lowest BCUT2D eigenvalue weighted by atomic mass is 10.0. The number of ether oxygens (including phenoxy) is 2. The molecule has 0 fully saturated rings. The molecule has 5 heteroatoms. The van der Waals surface area contributed by atoms with Crippen molar-refractivity contribution >= 4 is 10.9 Å². The molecule has 0 unspecified atom stereocenters. The molecule has 0 spiro atoms. The standard InChI is InChI=1S/C16H14N2O3/c1-20-13-4-3-5-14(21-2)15(13)10-6-7-12-11(8-10)16(19)18-9-17-12/h3-9H,1-2H3,(H,17,18,19). The number of H-pyrrole nitrogens is 1. The van der Waals surface area contributed by atoms with Crippen molar-refractivity contribution in [2.75, 3.05) is 14.2 Å². The third kappa shape index (κ3) is 2.23. The first-order valence-electron chi connectivity index (χ1n) is 6.43. The fourth-order valence-corrected chi connectivity index (χ4v) is 2.36. The molecule has 3 rings (SSSR count). The summed E-state index contributed by atoms with van der Waals surface area (Å²) in [5, 5.41) is 0.531. The van der Waals surface area contributed by atoms with Crippen molar-refractivity contribution in [2.24, 2.45) is 0 Å². The Bertz CT molecular complexity index is 833. The molecule has 5 nitrogen and oxygen atoms in total. The van der Waals surface area contributed by atoms with Gasteiger partial charge in [-0.2, -0.15) is 0 Å². The van der Waals surface area contributed by atoms with Crippen LogP contribution in [-0.2, 0) is 0 Å². The van der Waals surface area contributed by atoms with Gasteiger partial charge in [-0.05, 0) is 29.8 Å². The molecule has 0 amide bonds. The SMILES string of the molecule is COc1cccc(OC)c1-c1ccc2nc[nH]c(=O)c2c1. The first-order valence-corrected chi connectivity index (χ1v) is 6.43. The van der Waals surface area contributed by atoms with Gasteiger partial charge in [0, 0.05) is 0 Å². The Morgan fingerprint density at radius 2 is 1.76 bits per heavy atom. The van der Waals surface area contributed by atoms with Crippen molar-refractivity contribution in [2.45, 2.75) is 0 Å². The molecular weight excluding hydrogens is 268 g/mol. The molecule has 21 heavy (non-hydrogen) atoms. The normalized spacial score (nSPS) is 10.6. The quantitative estimate of drug-likeness (QED) is 0.802. The van der Waals surface area contributed by atoms with Crippen LogP contribution in [0.5, 0.6) is 11.5 Å². The van der Waals surface area contributed by atoms with Gasteiger partial charge in [0.05, 0.1) is 37.0 Å². The predicted molar refractivity (Wildman–Crippen MR) is 80.9 cm³/mol. The van der Waals surface area contributed by atoms with Gasteiger partial charge in [-0.15, -0.1) is 0 Å².